The van der Waals surface area contributed by atoms with E-state index in [1.54, 1.807) is 0 Å². The van der Waals surface area contributed by atoms with Crippen LogP contribution in [-0.4, -0.2) is 34.3 Å². The lowest BCUT2D eigenvalue weighted by molar-refractivity contribution is -0.0363. The molecule has 2 aliphatic rings. The Labute approximate surface area is 138 Å². The lowest BCUT2D eigenvalue weighted by Gasteiger charge is -2.44. The number of hydrogen-bond donors (Lipinski definition) is 0. The van der Waals surface area contributed by atoms with E-state index in [-0.39, 0.29) is 23.8 Å². The van der Waals surface area contributed by atoms with Crippen molar-refractivity contribution in [1.29, 1.82) is 0 Å². The minimum Gasteiger partial charge on any atom is -0.487 e. The molecular weight excluding hydrogens is 290 g/mol. The van der Waals surface area contributed by atoms with E-state index in [0.29, 0.717) is 0 Å². The summed E-state index contributed by atoms with van der Waals surface area (Å²) >= 11 is 0. The van der Waals surface area contributed by atoms with Crippen LogP contribution in [-0.2, 0) is 4.74 Å². The second-order valence-electron chi connectivity index (χ2n) is 8.05. The molecule has 1 unspecified atom stereocenters. The Bertz CT molecular complexity index is 550. The Morgan fingerprint density at radius 1 is 1.13 bits per heavy atom. The van der Waals surface area contributed by atoms with Crippen LogP contribution in [0.5, 0.6) is 5.75 Å². The van der Waals surface area contributed by atoms with Crippen molar-refractivity contribution < 1.29 is 14.3 Å². The molecule has 0 saturated carbocycles. The van der Waals surface area contributed by atoms with E-state index >= 15 is 0 Å². The van der Waals surface area contributed by atoms with Crippen LogP contribution in [0.25, 0.3) is 0 Å². The van der Waals surface area contributed by atoms with Gasteiger partial charge in [0.15, 0.2) is 0 Å². The summed E-state index contributed by atoms with van der Waals surface area (Å²) in [5.41, 5.74) is -0.663. The van der Waals surface area contributed by atoms with Crippen LogP contribution in [0.4, 0.5) is 4.79 Å². The van der Waals surface area contributed by atoms with Crippen molar-refractivity contribution in [3.63, 3.8) is 0 Å². The second kappa shape index (κ2) is 5.73. The molecule has 3 rings (SSSR count). The van der Waals surface area contributed by atoms with Crippen molar-refractivity contribution in [1.82, 2.24) is 4.90 Å². The Kier molecular flexibility index (Phi) is 4.03. The van der Waals surface area contributed by atoms with Gasteiger partial charge in [0.2, 0.25) is 0 Å². The molecule has 4 heteroatoms. The minimum absolute atomic E-state index is 0.174. The number of ether oxygens (including phenoxy) is 2. The quantitative estimate of drug-likeness (QED) is 0.812. The number of carbonyl (C=O) groups excluding carboxylic acids is 1. The van der Waals surface area contributed by atoms with Gasteiger partial charge in [-0.15, -0.1) is 0 Å². The molecule has 126 valence electrons. The Morgan fingerprint density at radius 3 is 2.22 bits per heavy atom. The Hall–Kier alpha value is -1.71. The lowest BCUT2D eigenvalue weighted by Crippen LogP contribution is -2.55. The number of rotatable bonds is 2. The maximum Gasteiger partial charge on any atom is 0.410 e. The van der Waals surface area contributed by atoms with Crippen molar-refractivity contribution in [3.8, 4) is 5.75 Å². The first-order valence-electron chi connectivity index (χ1n) is 8.51. The van der Waals surface area contributed by atoms with Gasteiger partial charge in [0.05, 0.1) is 0 Å². The first-order valence-corrected chi connectivity index (χ1v) is 8.51. The summed E-state index contributed by atoms with van der Waals surface area (Å²) in [6.45, 7) is 7.91. The molecule has 2 saturated heterocycles. The van der Waals surface area contributed by atoms with Crippen LogP contribution in [0.2, 0.25) is 0 Å². The summed E-state index contributed by atoms with van der Waals surface area (Å²) in [5, 5.41) is 0. The van der Waals surface area contributed by atoms with Crippen molar-refractivity contribution in [3.05, 3.63) is 30.3 Å². The molecule has 2 heterocycles. The van der Waals surface area contributed by atoms with E-state index in [1.165, 1.54) is 0 Å². The van der Waals surface area contributed by atoms with Gasteiger partial charge in [0, 0.05) is 24.9 Å². The monoisotopic (exact) mass is 317 g/mol. The molecule has 0 spiro atoms. The highest BCUT2D eigenvalue weighted by molar-refractivity contribution is 5.69. The van der Waals surface area contributed by atoms with E-state index in [0.717, 1.165) is 31.4 Å². The first-order chi connectivity index (χ1) is 10.8. The van der Waals surface area contributed by atoms with Gasteiger partial charge >= 0.3 is 6.09 Å². The maximum atomic E-state index is 12.5. The van der Waals surface area contributed by atoms with E-state index in [2.05, 4.69) is 6.92 Å². The van der Waals surface area contributed by atoms with E-state index in [1.807, 2.05) is 56.0 Å². The molecule has 23 heavy (non-hydrogen) atoms. The van der Waals surface area contributed by atoms with Gasteiger partial charge in [-0.25, -0.2) is 4.79 Å². The molecule has 1 aromatic carbocycles. The number of para-hydroxylation sites is 1. The summed E-state index contributed by atoms with van der Waals surface area (Å²) in [4.78, 5) is 14.5. The molecule has 2 aliphatic heterocycles. The van der Waals surface area contributed by atoms with Gasteiger partial charge in [-0.1, -0.05) is 18.2 Å². The smallest absolute Gasteiger partial charge is 0.410 e. The summed E-state index contributed by atoms with van der Waals surface area (Å²) in [7, 11) is 0. The maximum absolute atomic E-state index is 12.5. The van der Waals surface area contributed by atoms with E-state index in [9.17, 15) is 4.79 Å². The number of hydrogen-bond acceptors (Lipinski definition) is 3. The number of piperidine rings is 1. The number of fused-ring (bicyclic) bond motifs is 2. The molecule has 1 aromatic rings. The van der Waals surface area contributed by atoms with Crippen molar-refractivity contribution >= 4 is 6.09 Å². The number of nitrogens with zero attached hydrogens (tertiary/aromatic N) is 1. The fourth-order valence-electron chi connectivity index (χ4n) is 3.91. The number of benzene rings is 1. The molecule has 0 aliphatic carbocycles. The molecule has 0 N–H and O–H groups in total. The van der Waals surface area contributed by atoms with Crippen LogP contribution in [0.15, 0.2) is 30.3 Å². The normalized spacial score (nSPS) is 30.2. The molecular formula is C19H27NO3. The highest BCUT2D eigenvalue weighted by Gasteiger charge is 2.50. The van der Waals surface area contributed by atoms with Crippen molar-refractivity contribution in [2.24, 2.45) is 0 Å². The van der Waals surface area contributed by atoms with Crippen LogP contribution in [0, 0.1) is 0 Å². The van der Waals surface area contributed by atoms with Gasteiger partial charge in [-0.2, -0.15) is 0 Å². The zero-order chi connectivity index (χ0) is 16.7. The fourth-order valence-corrected chi connectivity index (χ4v) is 3.91. The zero-order valence-corrected chi connectivity index (χ0v) is 14.5. The van der Waals surface area contributed by atoms with Crippen LogP contribution in [0.1, 0.15) is 53.4 Å². The van der Waals surface area contributed by atoms with Crippen LogP contribution < -0.4 is 4.74 Å². The van der Waals surface area contributed by atoms with Gasteiger partial charge in [-0.05, 0) is 52.7 Å². The minimum atomic E-state index is -0.447. The van der Waals surface area contributed by atoms with Gasteiger partial charge < -0.3 is 14.4 Å². The lowest BCUT2D eigenvalue weighted by atomic mass is 9.87. The molecule has 1 amide bonds. The highest BCUT2D eigenvalue weighted by atomic mass is 16.6. The largest absolute Gasteiger partial charge is 0.487 e. The summed E-state index contributed by atoms with van der Waals surface area (Å²) < 4.78 is 11.9. The Morgan fingerprint density at radius 2 is 1.70 bits per heavy atom. The predicted octanol–water partition coefficient (Wildman–Crippen LogP) is 4.39. The molecule has 2 fully saturated rings. The summed E-state index contributed by atoms with van der Waals surface area (Å²) in [6.07, 6.45) is 3.62. The average Bonchev–Trinajstić information content (AvgIpc) is 2.71. The van der Waals surface area contributed by atoms with Gasteiger partial charge in [0.1, 0.15) is 17.0 Å². The third kappa shape index (κ3) is 3.62. The summed E-state index contributed by atoms with van der Waals surface area (Å²) in [6, 6.07) is 10.4. The molecule has 3 atom stereocenters. The van der Waals surface area contributed by atoms with Crippen LogP contribution >= 0.6 is 0 Å². The Balaban J connectivity index is 1.70. The third-order valence-electron chi connectivity index (χ3n) is 4.67. The highest BCUT2D eigenvalue weighted by Crippen LogP contribution is 2.43. The standard InChI is InChI=1S/C19H27NO3/c1-18(2,3)23-17(21)20-14-10-11-15(20)13-19(4,12-14)22-16-8-6-5-7-9-16/h5-9,14-15H,10-13H2,1-4H3/t14-,15+,19?. The van der Waals surface area contributed by atoms with E-state index in [4.69, 9.17) is 9.47 Å². The van der Waals surface area contributed by atoms with Gasteiger partial charge in [-0.3, -0.25) is 0 Å². The topological polar surface area (TPSA) is 38.8 Å². The molecule has 4 nitrogen and oxygen atoms in total. The third-order valence-corrected chi connectivity index (χ3v) is 4.67. The van der Waals surface area contributed by atoms with Gasteiger partial charge in [0.25, 0.3) is 0 Å². The molecule has 2 bridgehead atoms. The zero-order valence-electron chi connectivity index (χ0n) is 14.5. The SMILES string of the molecule is CC(C)(C)OC(=O)N1[C@@H]2CC[C@H]1CC(C)(Oc1ccccc1)C2. The van der Waals surface area contributed by atoms with Crippen molar-refractivity contribution in [2.75, 3.05) is 0 Å². The molecule has 0 aromatic heterocycles. The van der Waals surface area contributed by atoms with E-state index < -0.39 is 5.60 Å². The molecule has 0 radical (unpaired) electrons. The number of amides is 1. The average molecular weight is 317 g/mol. The fraction of sp³-hybridized carbons (Fsp3) is 0.632. The van der Waals surface area contributed by atoms with Crippen LogP contribution in [0.3, 0.4) is 0 Å². The second-order valence-corrected chi connectivity index (χ2v) is 8.05. The summed E-state index contributed by atoms with van der Waals surface area (Å²) in [5.74, 6) is 0.903. The number of carbonyl (C=O) groups is 1. The van der Waals surface area contributed by atoms with Crippen molar-refractivity contribution in [2.45, 2.75) is 76.7 Å². The predicted molar refractivity (Wildman–Crippen MR) is 89.6 cm³/mol. The first kappa shape index (κ1) is 16.2.